The second-order valence-electron chi connectivity index (χ2n) is 6.18. The molecule has 28 heavy (non-hydrogen) atoms. The Morgan fingerprint density at radius 2 is 1.96 bits per heavy atom. The highest BCUT2D eigenvalue weighted by Gasteiger charge is 2.23. The van der Waals surface area contributed by atoms with Gasteiger partial charge < -0.3 is 9.84 Å². The number of hydrogen-bond donors (Lipinski definition) is 1. The van der Waals surface area contributed by atoms with Crippen LogP contribution in [0.15, 0.2) is 47.1 Å². The summed E-state index contributed by atoms with van der Waals surface area (Å²) in [6.07, 6.45) is -1.57. The fraction of sp³-hybridized carbons (Fsp3) is 0.158. The minimum Gasteiger partial charge on any atom is -0.359 e. The van der Waals surface area contributed by atoms with Crippen LogP contribution in [0.25, 0.3) is 16.9 Å². The van der Waals surface area contributed by atoms with E-state index in [4.69, 9.17) is 4.52 Å². The van der Waals surface area contributed by atoms with Crippen LogP contribution in [0.1, 0.15) is 33.9 Å². The maximum atomic E-state index is 13.6. The lowest BCUT2D eigenvalue weighted by Gasteiger charge is -2.08. The van der Waals surface area contributed by atoms with E-state index in [9.17, 15) is 13.6 Å². The highest BCUT2D eigenvalue weighted by Crippen LogP contribution is 2.27. The number of aromatic nitrogens is 4. The van der Waals surface area contributed by atoms with Crippen molar-refractivity contribution in [2.75, 3.05) is 5.32 Å². The Morgan fingerprint density at radius 1 is 1.21 bits per heavy atom. The molecule has 0 saturated carbocycles. The van der Waals surface area contributed by atoms with E-state index in [1.165, 1.54) is 12.3 Å². The number of anilines is 1. The van der Waals surface area contributed by atoms with E-state index in [1.807, 2.05) is 6.07 Å². The maximum Gasteiger partial charge on any atom is 0.280 e. The minimum absolute atomic E-state index is 0.0425. The standard InChI is InChI=1S/C19H15F2N5O2/c1-10-16(11(2)28-25-10)24-19(27)13-9-22-26-15(17(20)21)8-14(23-18(13)26)12-6-4-3-5-7-12/h3-9,17H,1-2H3,(H,24,27). The molecule has 0 aliphatic rings. The van der Waals surface area contributed by atoms with Gasteiger partial charge in [-0.15, -0.1) is 0 Å². The average molecular weight is 383 g/mol. The first-order valence-corrected chi connectivity index (χ1v) is 8.42. The lowest BCUT2D eigenvalue weighted by molar-refractivity contribution is 0.102. The van der Waals surface area contributed by atoms with Gasteiger partial charge in [-0.1, -0.05) is 35.5 Å². The lowest BCUT2D eigenvalue weighted by atomic mass is 10.1. The van der Waals surface area contributed by atoms with E-state index in [0.29, 0.717) is 28.4 Å². The van der Waals surface area contributed by atoms with E-state index >= 15 is 0 Å². The first-order chi connectivity index (χ1) is 13.5. The third kappa shape index (κ3) is 3.00. The van der Waals surface area contributed by atoms with Gasteiger partial charge in [0.05, 0.1) is 11.9 Å². The van der Waals surface area contributed by atoms with E-state index in [0.717, 1.165) is 4.52 Å². The van der Waals surface area contributed by atoms with Crippen LogP contribution in [0, 0.1) is 13.8 Å². The predicted octanol–water partition coefficient (Wildman–Crippen LogP) is 4.19. The monoisotopic (exact) mass is 383 g/mol. The molecule has 0 spiro atoms. The molecule has 0 aliphatic heterocycles. The quantitative estimate of drug-likeness (QED) is 0.571. The van der Waals surface area contributed by atoms with Gasteiger partial charge in [0, 0.05) is 5.56 Å². The van der Waals surface area contributed by atoms with Crippen LogP contribution in [-0.4, -0.2) is 25.7 Å². The molecule has 0 bridgehead atoms. The van der Waals surface area contributed by atoms with Crippen LogP contribution < -0.4 is 5.32 Å². The summed E-state index contributed by atoms with van der Waals surface area (Å²) in [7, 11) is 0. The molecule has 0 radical (unpaired) electrons. The third-order valence-corrected chi connectivity index (χ3v) is 4.31. The summed E-state index contributed by atoms with van der Waals surface area (Å²) >= 11 is 0. The van der Waals surface area contributed by atoms with Gasteiger partial charge in [0.25, 0.3) is 12.3 Å². The Labute approximate surface area is 158 Å². The highest BCUT2D eigenvalue weighted by atomic mass is 19.3. The number of nitrogens with one attached hydrogen (secondary N) is 1. The number of carbonyl (C=O) groups is 1. The SMILES string of the molecule is Cc1noc(C)c1NC(=O)c1cnn2c(C(F)F)cc(-c3ccccc3)nc12. The molecule has 3 heterocycles. The van der Waals surface area contributed by atoms with E-state index < -0.39 is 12.3 Å². The number of carbonyl (C=O) groups excluding carboxylic acids is 1. The van der Waals surface area contributed by atoms with Crippen molar-refractivity contribution in [2.24, 2.45) is 0 Å². The van der Waals surface area contributed by atoms with Gasteiger partial charge in [0.15, 0.2) is 11.4 Å². The molecule has 4 aromatic rings. The molecule has 1 aromatic carbocycles. The zero-order chi connectivity index (χ0) is 19.8. The molecular formula is C19H15F2N5O2. The van der Waals surface area contributed by atoms with E-state index in [1.54, 1.807) is 38.1 Å². The van der Waals surface area contributed by atoms with Crippen molar-refractivity contribution < 1.29 is 18.1 Å². The molecule has 4 rings (SSSR count). The van der Waals surface area contributed by atoms with Crippen molar-refractivity contribution >= 4 is 17.2 Å². The van der Waals surface area contributed by atoms with Crippen molar-refractivity contribution in [1.29, 1.82) is 0 Å². The van der Waals surface area contributed by atoms with Crippen LogP contribution in [-0.2, 0) is 0 Å². The zero-order valence-electron chi connectivity index (χ0n) is 15.0. The Bertz CT molecular complexity index is 1150. The van der Waals surface area contributed by atoms with Crippen molar-refractivity contribution in [2.45, 2.75) is 20.3 Å². The number of rotatable bonds is 4. The van der Waals surface area contributed by atoms with Gasteiger partial charge in [-0.2, -0.15) is 5.10 Å². The minimum atomic E-state index is -2.79. The maximum absolute atomic E-state index is 13.6. The fourth-order valence-electron chi connectivity index (χ4n) is 2.90. The van der Waals surface area contributed by atoms with Crippen molar-refractivity contribution in [3.63, 3.8) is 0 Å². The van der Waals surface area contributed by atoms with Gasteiger partial charge in [-0.25, -0.2) is 18.3 Å². The summed E-state index contributed by atoms with van der Waals surface area (Å²) < 4.78 is 33.2. The molecule has 1 N–H and O–H groups in total. The first kappa shape index (κ1) is 17.8. The average Bonchev–Trinajstić information content (AvgIpc) is 3.26. The topological polar surface area (TPSA) is 85.3 Å². The number of halogens is 2. The summed E-state index contributed by atoms with van der Waals surface area (Å²) in [5.41, 5.74) is 1.69. The highest BCUT2D eigenvalue weighted by molar-refractivity contribution is 6.08. The predicted molar refractivity (Wildman–Crippen MR) is 97.3 cm³/mol. The number of aryl methyl sites for hydroxylation is 2. The van der Waals surface area contributed by atoms with Gasteiger partial charge in [0.1, 0.15) is 22.6 Å². The molecule has 142 valence electrons. The Morgan fingerprint density at radius 3 is 2.61 bits per heavy atom. The Balaban J connectivity index is 1.83. The molecular weight excluding hydrogens is 368 g/mol. The molecule has 3 aromatic heterocycles. The van der Waals surface area contributed by atoms with Gasteiger partial charge in [-0.05, 0) is 19.9 Å². The number of fused-ring (bicyclic) bond motifs is 1. The van der Waals surface area contributed by atoms with Gasteiger partial charge >= 0.3 is 0 Å². The zero-order valence-corrected chi connectivity index (χ0v) is 15.0. The number of nitrogens with zero attached hydrogens (tertiary/aromatic N) is 4. The lowest BCUT2D eigenvalue weighted by Crippen LogP contribution is -2.13. The van der Waals surface area contributed by atoms with Crippen molar-refractivity contribution in [1.82, 2.24) is 19.8 Å². The van der Waals surface area contributed by atoms with Gasteiger partial charge in [0.2, 0.25) is 0 Å². The summed E-state index contributed by atoms with van der Waals surface area (Å²) in [6, 6.07) is 10.2. The summed E-state index contributed by atoms with van der Waals surface area (Å²) in [4.78, 5) is 17.2. The molecule has 0 aliphatic carbocycles. The summed E-state index contributed by atoms with van der Waals surface area (Å²) in [5, 5.41) is 10.4. The number of benzene rings is 1. The largest absolute Gasteiger partial charge is 0.359 e. The smallest absolute Gasteiger partial charge is 0.280 e. The third-order valence-electron chi connectivity index (χ3n) is 4.31. The molecule has 0 unspecified atom stereocenters. The normalized spacial score (nSPS) is 11.3. The number of alkyl halides is 2. The van der Waals surface area contributed by atoms with E-state index in [2.05, 4.69) is 20.6 Å². The van der Waals surface area contributed by atoms with Crippen molar-refractivity contribution in [3.8, 4) is 11.3 Å². The second kappa shape index (κ2) is 6.84. The van der Waals surface area contributed by atoms with Crippen molar-refractivity contribution in [3.05, 3.63) is 65.3 Å². The number of hydrogen-bond acceptors (Lipinski definition) is 5. The Hall–Kier alpha value is -3.62. The molecule has 7 nitrogen and oxygen atoms in total. The molecule has 0 fully saturated rings. The summed E-state index contributed by atoms with van der Waals surface area (Å²) in [5.74, 6) is -0.101. The van der Waals surface area contributed by atoms with Crippen LogP contribution in [0.3, 0.4) is 0 Å². The fourth-order valence-corrected chi connectivity index (χ4v) is 2.90. The second-order valence-corrected chi connectivity index (χ2v) is 6.18. The van der Waals surface area contributed by atoms with Crippen LogP contribution in [0.4, 0.5) is 14.5 Å². The molecule has 0 atom stereocenters. The summed E-state index contributed by atoms with van der Waals surface area (Å²) in [6.45, 7) is 3.34. The number of amides is 1. The first-order valence-electron chi connectivity index (χ1n) is 8.42. The van der Waals surface area contributed by atoms with Crippen LogP contribution >= 0.6 is 0 Å². The van der Waals surface area contributed by atoms with Gasteiger partial charge in [-0.3, -0.25) is 4.79 Å². The van der Waals surface area contributed by atoms with Crippen LogP contribution in [0.2, 0.25) is 0 Å². The Kier molecular flexibility index (Phi) is 4.34. The molecule has 9 heteroatoms. The molecule has 0 saturated heterocycles. The van der Waals surface area contributed by atoms with E-state index in [-0.39, 0.29) is 16.9 Å². The molecule has 1 amide bonds. The van der Waals surface area contributed by atoms with Crippen LogP contribution in [0.5, 0.6) is 0 Å².